The number of carboxylic acid groups (broad SMARTS) is 1. The molecule has 0 aliphatic carbocycles. The van der Waals surface area contributed by atoms with Crippen molar-refractivity contribution in [1.29, 1.82) is 0 Å². The third-order valence-electron chi connectivity index (χ3n) is 5.28. The van der Waals surface area contributed by atoms with Gasteiger partial charge in [-0.15, -0.1) is 0 Å². The van der Waals surface area contributed by atoms with Gasteiger partial charge in [-0.05, 0) is 23.8 Å². The van der Waals surface area contributed by atoms with Gasteiger partial charge in [0.15, 0.2) is 0 Å². The van der Waals surface area contributed by atoms with Crippen LogP contribution in [0.4, 0.5) is 0 Å². The van der Waals surface area contributed by atoms with Gasteiger partial charge in [0.2, 0.25) is 5.96 Å². The lowest BCUT2D eigenvalue weighted by atomic mass is 9.89. The molecule has 0 aromatic heterocycles. The van der Waals surface area contributed by atoms with Gasteiger partial charge in [-0.1, -0.05) is 12.1 Å². The monoisotopic (exact) mass is 427 g/mol. The van der Waals surface area contributed by atoms with Gasteiger partial charge in [0, 0.05) is 20.2 Å². The van der Waals surface area contributed by atoms with E-state index in [1.807, 2.05) is 0 Å². The number of phenols is 1. The highest BCUT2D eigenvalue weighted by atomic mass is 16.5. The number of aliphatic imine (C=N–C) groups is 3. The van der Waals surface area contributed by atoms with Crippen molar-refractivity contribution in [3.8, 4) is 5.75 Å². The molecule has 3 N–H and O–H groups in total. The van der Waals surface area contributed by atoms with Gasteiger partial charge in [0.1, 0.15) is 17.5 Å². The van der Waals surface area contributed by atoms with E-state index in [1.54, 1.807) is 31.4 Å². The minimum Gasteiger partial charge on any atom is -0.508 e. The fourth-order valence-corrected chi connectivity index (χ4v) is 3.70. The van der Waals surface area contributed by atoms with Crippen LogP contribution in [0.25, 0.3) is 0 Å². The summed E-state index contributed by atoms with van der Waals surface area (Å²) in [6.45, 7) is 3.32. The number of methoxy groups -OCH3 is 1. The Balaban J connectivity index is 1.78. The molecule has 1 aromatic rings. The van der Waals surface area contributed by atoms with Crippen molar-refractivity contribution in [1.82, 2.24) is 10.2 Å². The number of nitrogens with zero attached hydrogens (tertiary/aromatic N) is 4. The van der Waals surface area contributed by atoms with E-state index in [1.165, 1.54) is 6.08 Å². The highest BCUT2D eigenvalue weighted by Crippen LogP contribution is 2.31. The first kappa shape index (κ1) is 21.0. The summed E-state index contributed by atoms with van der Waals surface area (Å²) in [5, 5.41) is 22.4. The number of carbonyl (C=O) groups is 1. The number of hydrogen-bond acceptors (Lipinski definition) is 9. The van der Waals surface area contributed by atoms with Gasteiger partial charge in [0.05, 0.1) is 43.8 Å². The molecule has 2 atom stereocenters. The zero-order chi connectivity index (χ0) is 21.8. The Morgan fingerprint density at radius 3 is 2.74 bits per heavy atom. The molecule has 164 valence electrons. The van der Waals surface area contributed by atoms with E-state index in [2.05, 4.69) is 15.2 Å². The van der Waals surface area contributed by atoms with Crippen LogP contribution in [0.3, 0.4) is 0 Å². The van der Waals surface area contributed by atoms with Gasteiger partial charge in [-0.2, -0.15) is 0 Å². The number of nitrogens with one attached hydrogen (secondary N) is 1. The Kier molecular flexibility index (Phi) is 6.28. The number of aromatic hydroxyl groups is 1. The predicted molar refractivity (Wildman–Crippen MR) is 115 cm³/mol. The number of guanidine groups is 1. The smallest absolute Gasteiger partial charge is 0.352 e. The zero-order valence-corrected chi connectivity index (χ0v) is 17.2. The van der Waals surface area contributed by atoms with E-state index in [-0.39, 0.29) is 11.4 Å². The van der Waals surface area contributed by atoms with Crippen LogP contribution in [-0.2, 0) is 14.3 Å². The molecule has 10 nitrogen and oxygen atoms in total. The van der Waals surface area contributed by atoms with Gasteiger partial charge >= 0.3 is 5.97 Å². The Labute approximate surface area is 179 Å². The number of ether oxygens (including phenoxy) is 2. The summed E-state index contributed by atoms with van der Waals surface area (Å²) in [7, 11) is 1.59. The molecule has 2 unspecified atom stereocenters. The van der Waals surface area contributed by atoms with E-state index in [0.29, 0.717) is 56.8 Å². The maximum atomic E-state index is 11.8. The molecule has 0 radical (unpaired) electrons. The van der Waals surface area contributed by atoms with Crippen LogP contribution in [-0.4, -0.2) is 91.1 Å². The summed E-state index contributed by atoms with van der Waals surface area (Å²) >= 11 is 0. The van der Waals surface area contributed by atoms with Crippen LogP contribution in [0.1, 0.15) is 11.6 Å². The minimum absolute atomic E-state index is 0.0360. The molecular weight excluding hydrogens is 402 g/mol. The zero-order valence-electron chi connectivity index (χ0n) is 17.2. The van der Waals surface area contributed by atoms with Crippen molar-refractivity contribution in [2.24, 2.45) is 15.0 Å². The van der Waals surface area contributed by atoms with Crippen molar-refractivity contribution < 1.29 is 24.5 Å². The quantitative estimate of drug-likeness (QED) is 0.587. The molecule has 1 fully saturated rings. The second-order valence-electron chi connectivity index (χ2n) is 7.31. The third-order valence-corrected chi connectivity index (χ3v) is 5.28. The van der Waals surface area contributed by atoms with Crippen LogP contribution in [0, 0.1) is 0 Å². The molecule has 1 saturated heterocycles. The van der Waals surface area contributed by atoms with E-state index in [4.69, 9.17) is 19.5 Å². The number of allylic oxidation sites excluding steroid dienone is 1. The van der Waals surface area contributed by atoms with Gasteiger partial charge in [-0.25, -0.2) is 14.8 Å². The van der Waals surface area contributed by atoms with Crippen molar-refractivity contribution in [3.05, 3.63) is 41.6 Å². The molecule has 3 aliphatic rings. The molecule has 31 heavy (non-hydrogen) atoms. The maximum absolute atomic E-state index is 11.8. The SMILES string of the molecule is COCCN=C1C=C(C(=O)O)NC2C1=NC(N1CCOCC1)=NC2c1ccc(O)cc1. The normalized spacial score (nSPS) is 24.6. The Hall–Kier alpha value is -3.24. The highest BCUT2D eigenvalue weighted by molar-refractivity contribution is 6.51. The van der Waals surface area contributed by atoms with Crippen LogP contribution < -0.4 is 5.32 Å². The Bertz CT molecular complexity index is 947. The van der Waals surface area contributed by atoms with Crippen LogP contribution in [0.5, 0.6) is 5.75 Å². The lowest BCUT2D eigenvalue weighted by Gasteiger charge is -2.37. The average molecular weight is 427 g/mol. The molecule has 10 heteroatoms. The van der Waals surface area contributed by atoms with Crippen molar-refractivity contribution in [3.63, 3.8) is 0 Å². The molecule has 0 bridgehead atoms. The summed E-state index contributed by atoms with van der Waals surface area (Å²) in [4.78, 5) is 28.0. The third kappa shape index (κ3) is 4.59. The summed E-state index contributed by atoms with van der Waals surface area (Å²) in [6.07, 6.45) is 1.50. The van der Waals surface area contributed by atoms with Gasteiger partial charge in [-0.3, -0.25) is 4.99 Å². The van der Waals surface area contributed by atoms with Crippen molar-refractivity contribution in [2.45, 2.75) is 12.1 Å². The molecule has 1 aromatic carbocycles. The number of aliphatic carboxylic acids is 1. The first-order valence-electron chi connectivity index (χ1n) is 10.1. The summed E-state index contributed by atoms with van der Waals surface area (Å²) in [6, 6.07) is 5.80. The topological polar surface area (TPSA) is 128 Å². The van der Waals surface area contributed by atoms with E-state index in [0.717, 1.165) is 5.56 Å². The molecule has 3 aliphatic heterocycles. The highest BCUT2D eigenvalue weighted by Gasteiger charge is 2.39. The Morgan fingerprint density at radius 2 is 2.06 bits per heavy atom. The van der Waals surface area contributed by atoms with Crippen molar-refractivity contribution >= 4 is 23.4 Å². The predicted octanol–water partition coefficient (Wildman–Crippen LogP) is 0.604. The lowest BCUT2D eigenvalue weighted by Crippen LogP contribution is -2.53. The van der Waals surface area contributed by atoms with Gasteiger partial charge in [0.25, 0.3) is 0 Å². The summed E-state index contributed by atoms with van der Waals surface area (Å²) < 4.78 is 10.5. The fourth-order valence-electron chi connectivity index (χ4n) is 3.70. The maximum Gasteiger partial charge on any atom is 0.352 e. The Morgan fingerprint density at radius 1 is 1.32 bits per heavy atom. The number of rotatable bonds is 5. The van der Waals surface area contributed by atoms with Crippen LogP contribution in [0.15, 0.2) is 51.0 Å². The number of morpholine rings is 1. The first-order chi connectivity index (χ1) is 15.1. The fraction of sp³-hybridized carbons (Fsp3) is 0.429. The van der Waals surface area contributed by atoms with Gasteiger partial charge < -0.3 is 29.9 Å². The standard InChI is InChI=1S/C21H25N5O5/c1-30-9-6-22-15-12-16(20(28)29)23-19-17(13-2-4-14(27)5-3-13)24-21(25-18(15)19)26-7-10-31-11-8-26/h2-5,12,17,19,23,27H,6-11H2,1H3,(H,28,29). The number of benzene rings is 1. The first-order valence-corrected chi connectivity index (χ1v) is 10.1. The second kappa shape index (κ2) is 9.27. The summed E-state index contributed by atoms with van der Waals surface area (Å²) in [5.41, 5.74) is 2.00. The second-order valence-corrected chi connectivity index (χ2v) is 7.31. The molecular formula is C21H25N5O5. The van der Waals surface area contributed by atoms with E-state index < -0.39 is 18.1 Å². The number of hydrogen-bond donors (Lipinski definition) is 3. The number of phenolic OH excluding ortho intramolecular Hbond substituents is 1. The molecule has 0 spiro atoms. The largest absolute Gasteiger partial charge is 0.508 e. The van der Waals surface area contributed by atoms with E-state index >= 15 is 0 Å². The van der Waals surface area contributed by atoms with E-state index in [9.17, 15) is 15.0 Å². The molecule has 4 rings (SSSR count). The van der Waals surface area contributed by atoms with Crippen LogP contribution >= 0.6 is 0 Å². The molecule has 3 heterocycles. The van der Waals surface area contributed by atoms with Crippen LogP contribution in [0.2, 0.25) is 0 Å². The van der Waals surface area contributed by atoms with Crippen molar-refractivity contribution in [2.75, 3.05) is 46.6 Å². The summed E-state index contributed by atoms with van der Waals surface area (Å²) in [5.74, 6) is -0.359. The lowest BCUT2D eigenvalue weighted by molar-refractivity contribution is -0.133. The number of carboxylic acids is 1. The molecule has 0 amide bonds. The molecule has 0 saturated carbocycles. The minimum atomic E-state index is -1.08. The average Bonchev–Trinajstić information content (AvgIpc) is 2.79. The number of fused-ring (bicyclic) bond motifs is 1.